The Bertz CT molecular complexity index is 1230. The van der Waals surface area contributed by atoms with Crippen LogP contribution >= 0.6 is 11.6 Å². The highest BCUT2D eigenvalue weighted by molar-refractivity contribution is 6.30. The normalized spacial score (nSPS) is 17.1. The van der Waals surface area contributed by atoms with Crippen molar-refractivity contribution in [2.45, 2.75) is 12.1 Å². The zero-order valence-electron chi connectivity index (χ0n) is 18.2. The number of para-hydroxylation sites is 1. The van der Waals surface area contributed by atoms with Crippen LogP contribution < -0.4 is 0 Å². The molecular formula is C27H26ClN3O2. The van der Waals surface area contributed by atoms with Crippen molar-refractivity contribution in [3.63, 3.8) is 0 Å². The smallest absolute Gasteiger partial charge is 0.325 e. The Hall–Kier alpha value is -3.12. The minimum Gasteiger partial charge on any atom is -0.480 e. The van der Waals surface area contributed by atoms with Gasteiger partial charge in [0.15, 0.2) is 0 Å². The average molecular weight is 460 g/mol. The molecule has 4 aromatic rings. The maximum atomic E-state index is 12.3. The maximum Gasteiger partial charge on any atom is 0.325 e. The van der Waals surface area contributed by atoms with Crippen LogP contribution in [0.15, 0.2) is 85.1 Å². The summed E-state index contributed by atoms with van der Waals surface area (Å²) in [5.74, 6) is -0.814. The molecule has 0 saturated carbocycles. The molecule has 1 aliphatic heterocycles. The van der Waals surface area contributed by atoms with E-state index in [1.165, 1.54) is 11.1 Å². The Morgan fingerprint density at radius 3 is 2.12 bits per heavy atom. The second kappa shape index (κ2) is 9.40. The van der Waals surface area contributed by atoms with Crippen LogP contribution in [0, 0.1) is 0 Å². The molecule has 0 radical (unpaired) electrons. The number of halogens is 1. The summed E-state index contributed by atoms with van der Waals surface area (Å²) in [6.45, 7) is 2.89. The summed E-state index contributed by atoms with van der Waals surface area (Å²) in [5.41, 5.74) is 4.19. The number of hydrogen-bond donors (Lipinski definition) is 2. The molecule has 5 nitrogen and oxygen atoms in total. The largest absolute Gasteiger partial charge is 0.480 e. The molecule has 0 spiro atoms. The van der Waals surface area contributed by atoms with Gasteiger partial charge in [-0.05, 0) is 29.3 Å². The summed E-state index contributed by atoms with van der Waals surface area (Å²) in [6, 6.07) is 25.8. The van der Waals surface area contributed by atoms with E-state index in [0.717, 1.165) is 34.6 Å². The fourth-order valence-corrected chi connectivity index (χ4v) is 5.08. The fraction of sp³-hybridized carbons (Fsp3) is 0.222. The van der Waals surface area contributed by atoms with Gasteiger partial charge < -0.3 is 10.1 Å². The number of benzene rings is 3. The Kier molecular flexibility index (Phi) is 6.18. The number of nitrogens with one attached hydrogen (secondary N) is 1. The zero-order chi connectivity index (χ0) is 22.8. The predicted molar refractivity (Wildman–Crippen MR) is 132 cm³/mol. The van der Waals surface area contributed by atoms with Gasteiger partial charge in [-0.25, -0.2) is 0 Å². The highest BCUT2D eigenvalue weighted by Crippen LogP contribution is 2.33. The van der Waals surface area contributed by atoms with Crippen molar-refractivity contribution in [3.8, 4) is 0 Å². The van der Waals surface area contributed by atoms with E-state index in [4.69, 9.17) is 11.6 Å². The van der Waals surface area contributed by atoms with Crippen LogP contribution in [-0.4, -0.2) is 52.0 Å². The van der Waals surface area contributed by atoms with Crippen LogP contribution in [0.3, 0.4) is 0 Å². The van der Waals surface area contributed by atoms with Gasteiger partial charge in [-0.2, -0.15) is 0 Å². The van der Waals surface area contributed by atoms with E-state index in [2.05, 4.69) is 51.2 Å². The van der Waals surface area contributed by atoms with Crippen LogP contribution in [-0.2, 0) is 4.79 Å². The highest BCUT2D eigenvalue weighted by Gasteiger charge is 2.34. The van der Waals surface area contributed by atoms with E-state index in [0.29, 0.717) is 13.1 Å². The molecule has 2 atom stereocenters. The highest BCUT2D eigenvalue weighted by atomic mass is 35.5. The first-order chi connectivity index (χ1) is 16.1. The quantitative estimate of drug-likeness (QED) is 0.408. The van der Waals surface area contributed by atoms with Gasteiger partial charge in [0.1, 0.15) is 6.04 Å². The molecule has 33 heavy (non-hydrogen) atoms. The SMILES string of the molecule is O=C(O)[C@H](c1c[nH]c2ccccc12)N1CCN([C@@H](c2ccccc2)c2ccc(Cl)cc2)CC1. The third-order valence-electron chi connectivity index (χ3n) is 6.53. The summed E-state index contributed by atoms with van der Waals surface area (Å²) < 4.78 is 0. The van der Waals surface area contributed by atoms with Gasteiger partial charge in [-0.15, -0.1) is 0 Å². The minimum absolute atomic E-state index is 0.0991. The molecule has 1 aliphatic rings. The number of carboxylic acid groups (broad SMARTS) is 1. The molecule has 0 aliphatic carbocycles. The number of piperazine rings is 1. The van der Waals surface area contributed by atoms with Gasteiger partial charge >= 0.3 is 5.97 Å². The third-order valence-corrected chi connectivity index (χ3v) is 6.78. The topological polar surface area (TPSA) is 59.6 Å². The van der Waals surface area contributed by atoms with Crippen molar-refractivity contribution in [2.24, 2.45) is 0 Å². The lowest BCUT2D eigenvalue weighted by Gasteiger charge is -2.41. The molecule has 3 aromatic carbocycles. The summed E-state index contributed by atoms with van der Waals surface area (Å²) >= 11 is 6.14. The van der Waals surface area contributed by atoms with E-state index in [1.807, 2.05) is 48.7 Å². The van der Waals surface area contributed by atoms with Crippen molar-refractivity contribution in [1.29, 1.82) is 0 Å². The van der Waals surface area contributed by atoms with Crippen molar-refractivity contribution >= 4 is 28.5 Å². The second-order valence-corrected chi connectivity index (χ2v) is 8.90. The van der Waals surface area contributed by atoms with Crippen LogP contribution in [0.2, 0.25) is 5.02 Å². The van der Waals surface area contributed by atoms with Crippen molar-refractivity contribution in [2.75, 3.05) is 26.2 Å². The number of aromatic amines is 1. The fourth-order valence-electron chi connectivity index (χ4n) is 4.95. The number of hydrogen-bond acceptors (Lipinski definition) is 3. The molecule has 5 rings (SSSR count). The van der Waals surface area contributed by atoms with E-state index >= 15 is 0 Å². The van der Waals surface area contributed by atoms with Crippen molar-refractivity contribution < 1.29 is 9.90 Å². The maximum absolute atomic E-state index is 12.3. The number of rotatable bonds is 6. The number of fused-ring (bicyclic) bond motifs is 1. The number of carbonyl (C=O) groups is 1. The number of aromatic nitrogens is 1. The molecular weight excluding hydrogens is 434 g/mol. The monoisotopic (exact) mass is 459 g/mol. The summed E-state index contributed by atoms with van der Waals surface area (Å²) in [6.07, 6.45) is 1.84. The lowest BCUT2D eigenvalue weighted by Crippen LogP contribution is -2.50. The van der Waals surface area contributed by atoms with Gasteiger partial charge in [0.25, 0.3) is 0 Å². The van der Waals surface area contributed by atoms with Crippen LogP contribution in [0.5, 0.6) is 0 Å². The zero-order valence-corrected chi connectivity index (χ0v) is 18.9. The Balaban J connectivity index is 1.40. The molecule has 1 saturated heterocycles. The average Bonchev–Trinajstić information content (AvgIpc) is 3.26. The lowest BCUT2D eigenvalue weighted by molar-refractivity contribution is -0.144. The number of carboxylic acids is 1. The minimum atomic E-state index is -0.814. The molecule has 1 fully saturated rings. The van der Waals surface area contributed by atoms with E-state index < -0.39 is 12.0 Å². The molecule has 2 N–H and O–H groups in total. The van der Waals surface area contributed by atoms with Crippen LogP contribution in [0.4, 0.5) is 0 Å². The Morgan fingerprint density at radius 2 is 1.42 bits per heavy atom. The molecule has 6 heteroatoms. The molecule has 1 aromatic heterocycles. The Morgan fingerprint density at radius 1 is 0.818 bits per heavy atom. The van der Waals surface area contributed by atoms with Gasteiger partial charge in [0, 0.05) is 53.9 Å². The van der Waals surface area contributed by atoms with Gasteiger partial charge in [-0.1, -0.05) is 72.3 Å². The van der Waals surface area contributed by atoms with Gasteiger partial charge in [0.2, 0.25) is 0 Å². The lowest BCUT2D eigenvalue weighted by atomic mass is 9.96. The summed E-state index contributed by atoms with van der Waals surface area (Å²) in [7, 11) is 0. The van der Waals surface area contributed by atoms with Crippen molar-refractivity contribution in [1.82, 2.24) is 14.8 Å². The van der Waals surface area contributed by atoms with Gasteiger partial charge in [-0.3, -0.25) is 14.6 Å². The van der Waals surface area contributed by atoms with E-state index in [1.54, 1.807) is 0 Å². The summed E-state index contributed by atoms with van der Waals surface area (Å²) in [4.78, 5) is 20.1. The molecule has 0 unspecified atom stereocenters. The molecule has 168 valence electrons. The van der Waals surface area contributed by atoms with Crippen molar-refractivity contribution in [3.05, 3.63) is 107 Å². The third kappa shape index (κ3) is 4.40. The first-order valence-corrected chi connectivity index (χ1v) is 11.6. The van der Waals surface area contributed by atoms with Crippen LogP contribution in [0.25, 0.3) is 10.9 Å². The molecule has 0 amide bonds. The first-order valence-electron chi connectivity index (χ1n) is 11.2. The van der Waals surface area contributed by atoms with Gasteiger partial charge in [0.05, 0.1) is 6.04 Å². The predicted octanol–water partition coefficient (Wildman–Crippen LogP) is 5.35. The Labute approximate surface area is 198 Å². The number of aliphatic carboxylic acids is 1. The molecule has 0 bridgehead atoms. The summed E-state index contributed by atoms with van der Waals surface area (Å²) in [5, 5.41) is 11.8. The van der Waals surface area contributed by atoms with E-state index in [9.17, 15) is 9.90 Å². The second-order valence-electron chi connectivity index (χ2n) is 8.47. The van der Waals surface area contributed by atoms with Crippen LogP contribution in [0.1, 0.15) is 28.8 Å². The number of nitrogens with zero attached hydrogens (tertiary/aromatic N) is 2. The standard InChI is InChI=1S/C27H26ClN3O2/c28-21-12-10-20(11-13-21)25(19-6-2-1-3-7-19)30-14-16-31(17-15-30)26(27(32)33)23-18-29-24-9-5-4-8-22(23)24/h1-13,18,25-26,29H,14-17H2,(H,32,33)/t25-,26-/m0/s1. The number of H-pyrrole nitrogens is 1. The van der Waals surface area contributed by atoms with E-state index in [-0.39, 0.29) is 6.04 Å². The first kappa shape index (κ1) is 21.7. The molecule has 2 heterocycles.